The van der Waals surface area contributed by atoms with Gasteiger partial charge in [-0.25, -0.2) is 4.79 Å². The first-order valence-electron chi connectivity index (χ1n) is 8.39. The Hall–Kier alpha value is -2.08. The third kappa shape index (κ3) is 5.85. The third-order valence-electron chi connectivity index (χ3n) is 4.45. The van der Waals surface area contributed by atoms with E-state index in [1.807, 2.05) is 30.3 Å². The number of aliphatic carboxylic acids is 1. The average Bonchev–Trinajstić information content (AvgIpc) is 2.52. The van der Waals surface area contributed by atoms with E-state index in [9.17, 15) is 14.7 Å². The summed E-state index contributed by atoms with van der Waals surface area (Å²) in [4.78, 5) is 24.8. The number of aliphatic hydroxyl groups is 1. The van der Waals surface area contributed by atoms with Crippen molar-refractivity contribution in [2.75, 3.05) is 13.6 Å². The van der Waals surface area contributed by atoms with Gasteiger partial charge in [0.25, 0.3) is 0 Å². The van der Waals surface area contributed by atoms with E-state index in [2.05, 4.69) is 5.32 Å². The minimum Gasteiger partial charge on any atom is -0.481 e. The molecule has 132 valence electrons. The number of nitrogens with one attached hydrogen (secondary N) is 1. The lowest BCUT2D eigenvalue weighted by Gasteiger charge is -2.35. The number of hydrogen-bond donors (Lipinski definition) is 3. The van der Waals surface area contributed by atoms with E-state index < -0.39 is 5.97 Å². The topological polar surface area (TPSA) is 89.9 Å². The first-order chi connectivity index (χ1) is 11.4. The van der Waals surface area contributed by atoms with E-state index >= 15 is 0 Å². The lowest BCUT2D eigenvalue weighted by atomic mass is 9.82. The van der Waals surface area contributed by atoms with Crippen molar-refractivity contribution < 1.29 is 19.8 Å². The molecule has 1 atom stereocenters. The summed E-state index contributed by atoms with van der Waals surface area (Å²) in [6.45, 7) is 0.611. The number of carbonyl (C=O) groups is 2. The first-order valence-corrected chi connectivity index (χ1v) is 8.39. The highest BCUT2D eigenvalue weighted by Gasteiger charge is 2.29. The zero-order chi connectivity index (χ0) is 17.5. The molecule has 0 spiro atoms. The molecular formula is C18H26N2O4. The van der Waals surface area contributed by atoms with E-state index in [0.29, 0.717) is 25.3 Å². The van der Waals surface area contributed by atoms with Crippen LogP contribution >= 0.6 is 0 Å². The summed E-state index contributed by atoms with van der Waals surface area (Å²) in [5.41, 5.74) is 1.07. The second-order valence-corrected chi connectivity index (χ2v) is 6.64. The average molecular weight is 334 g/mol. The van der Waals surface area contributed by atoms with Gasteiger partial charge in [-0.2, -0.15) is 0 Å². The van der Waals surface area contributed by atoms with Crippen LogP contribution in [0, 0.1) is 5.92 Å². The Labute approximate surface area is 142 Å². The van der Waals surface area contributed by atoms with Gasteiger partial charge in [-0.1, -0.05) is 30.3 Å². The Morgan fingerprint density at radius 3 is 2.54 bits per heavy atom. The zero-order valence-electron chi connectivity index (χ0n) is 14.0. The Morgan fingerprint density at radius 2 is 1.96 bits per heavy atom. The standard InChI is InChI=1S/C18H26N2O4/c1-20(12-14-10-16(21)11-14)18(24)19-15(7-8-17(22)23)9-13-5-3-2-4-6-13/h2-6,14-16,21H,7-12H2,1H3,(H,19,24)(H,22,23). The maximum Gasteiger partial charge on any atom is 0.317 e. The van der Waals surface area contributed by atoms with Crippen molar-refractivity contribution in [3.63, 3.8) is 0 Å². The van der Waals surface area contributed by atoms with Gasteiger partial charge >= 0.3 is 12.0 Å². The van der Waals surface area contributed by atoms with Crippen molar-refractivity contribution >= 4 is 12.0 Å². The molecule has 6 heteroatoms. The molecular weight excluding hydrogens is 308 g/mol. The van der Waals surface area contributed by atoms with E-state index in [4.69, 9.17) is 5.11 Å². The van der Waals surface area contributed by atoms with Crippen LogP contribution in [-0.4, -0.2) is 52.9 Å². The third-order valence-corrected chi connectivity index (χ3v) is 4.45. The van der Waals surface area contributed by atoms with Crippen molar-refractivity contribution in [2.45, 2.75) is 44.2 Å². The quantitative estimate of drug-likeness (QED) is 0.677. The number of benzene rings is 1. The fourth-order valence-electron chi connectivity index (χ4n) is 3.03. The van der Waals surface area contributed by atoms with Crippen LogP contribution in [0.5, 0.6) is 0 Å². The highest BCUT2D eigenvalue weighted by molar-refractivity contribution is 5.74. The van der Waals surface area contributed by atoms with Crippen LogP contribution in [0.15, 0.2) is 30.3 Å². The second kappa shape index (κ2) is 8.68. The van der Waals surface area contributed by atoms with Crippen molar-refractivity contribution in [3.8, 4) is 0 Å². The van der Waals surface area contributed by atoms with Crippen molar-refractivity contribution in [1.82, 2.24) is 10.2 Å². The number of carbonyl (C=O) groups excluding carboxylic acids is 1. The summed E-state index contributed by atoms with van der Waals surface area (Å²) in [7, 11) is 1.73. The van der Waals surface area contributed by atoms with Gasteiger partial charge in [0.2, 0.25) is 0 Å². The highest BCUT2D eigenvalue weighted by Crippen LogP contribution is 2.27. The number of urea groups is 1. The number of amides is 2. The molecule has 0 bridgehead atoms. The van der Waals surface area contributed by atoms with Crippen molar-refractivity contribution in [2.24, 2.45) is 5.92 Å². The largest absolute Gasteiger partial charge is 0.481 e. The Kier molecular flexibility index (Phi) is 6.61. The molecule has 1 aromatic carbocycles. The fraction of sp³-hybridized carbons (Fsp3) is 0.556. The molecule has 2 rings (SSSR count). The monoisotopic (exact) mass is 334 g/mol. The van der Waals surface area contributed by atoms with Gasteiger partial charge in [0.15, 0.2) is 0 Å². The van der Waals surface area contributed by atoms with E-state index in [0.717, 1.165) is 18.4 Å². The Morgan fingerprint density at radius 1 is 1.29 bits per heavy atom. The van der Waals surface area contributed by atoms with Gasteiger partial charge in [0.05, 0.1) is 6.10 Å². The molecule has 1 aliphatic rings. The second-order valence-electron chi connectivity index (χ2n) is 6.64. The zero-order valence-corrected chi connectivity index (χ0v) is 14.0. The number of hydrogen-bond acceptors (Lipinski definition) is 3. The van der Waals surface area contributed by atoms with Gasteiger partial charge in [-0.15, -0.1) is 0 Å². The first kappa shape index (κ1) is 18.3. The van der Waals surface area contributed by atoms with Crippen molar-refractivity contribution in [3.05, 3.63) is 35.9 Å². The predicted molar refractivity (Wildman–Crippen MR) is 90.7 cm³/mol. The molecule has 24 heavy (non-hydrogen) atoms. The number of nitrogens with zero attached hydrogens (tertiary/aromatic N) is 1. The molecule has 1 aliphatic carbocycles. The molecule has 1 fully saturated rings. The van der Waals surface area contributed by atoms with Gasteiger partial charge in [0.1, 0.15) is 0 Å². The molecule has 0 radical (unpaired) electrons. The molecule has 0 aliphatic heterocycles. The van der Waals surface area contributed by atoms with E-state index in [1.54, 1.807) is 11.9 Å². The molecule has 0 saturated heterocycles. The van der Waals surface area contributed by atoms with Gasteiger partial charge in [-0.05, 0) is 37.2 Å². The van der Waals surface area contributed by atoms with Crippen molar-refractivity contribution in [1.29, 1.82) is 0 Å². The van der Waals surface area contributed by atoms with Crippen LogP contribution in [0.3, 0.4) is 0 Å². The van der Waals surface area contributed by atoms with Gasteiger partial charge in [-0.3, -0.25) is 4.79 Å². The molecule has 1 saturated carbocycles. The summed E-state index contributed by atoms with van der Waals surface area (Å²) >= 11 is 0. The minimum absolute atomic E-state index is 0.0241. The fourth-order valence-corrected chi connectivity index (χ4v) is 3.03. The highest BCUT2D eigenvalue weighted by atomic mass is 16.4. The van der Waals surface area contributed by atoms with E-state index in [1.165, 1.54) is 0 Å². The lowest BCUT2D eigenvalue weighted by Crippen LogP contribution is -2.47. The van der Waals surface area contributed by atoms with Crippen LogP contribution < -0.4 is 5.32 Å². The van der Waals surface area contributed by atoms with Crippen LogP contribution in [-0.2, 0) is 11.2 Å². The van der Waals surface area contributed by atoms with Gasteiger partial charge < -0.3 is 20.4 Å². The molecule has 2 amide bonds. The SMILES string of the molecule is CN(CC1CC(O)C1)C(=O)NC(CCC(=O)O)Cc1ccccc1. The molecule has 1 aromatic rings. The molecule has 0 aromatic heterocycles. The Balaban J connectivity index is 1.87. The van der Waals surface area contributed by atoms with E-state index in [-0.39, 0.29) is 24.6 Å². The molecule has 1 unspecified atom stereocenters. The van der Waals surface area contributed by atoms with Crippen LogP contribution in [0.4, 0.5) is 4.79 Å². The molecule has 6 nitrogen and oxygen atoms in total. The predicted octanol–water partition coefficient (Wildman–Crippen LogP) is 1.87. The normalized spacial score (nSPS) is 20.8. The summed E-state index contributed by atoms with van der Waals surface area (Å²) in [5.74, 6) is -0.513. The lowest BCUT2D eigenvalue weighted by molar-refractivity contribution is -0.137. The number of aliphatic hydroxyl groups excluding tert-OH is 1. The maximum atomic E-state index is 12.4. The summed E-state index contributed by atoms with van der Waals surface area (Å²) in [6, 6.07) is 9.32. The van der Waals surface area contributed by atoms with Crippen LogP contribution in [0.25, 0.3) is 0 Å². The summed E-state index contributed by atoms with van der Waals surface area (Å²) in [6.07, 6.45) is 2.28. The maximum absolute atomic E-state index is 12.4. The van der Waals surface area contributed by atoms with Crippen LogP contribution in [0.1, 0.15) is 31.2 Å². The summed E-state index contributed by atoms with van der Waals surface area (Å²) in [5, 5.41) is 21.2. The molecule has 0 heterocycles. The number of carboxylic acids is 1. The Bertz CT molecular complexity index is 543. The van der Waals surface area contributed by atoms with Gasteiger partial charge in [0, 0.05) is 26.1 Å². The van der Waals surface area contributed by atoms with Crippen LogP contribution in [0.2, 0.25) is 0 Å². The summed E-state index contributed by atoms with van der Waals surface area (Å²) < 4.78 is 0. The molecule has 3 N–H and O–H groups in total. The smallest absolute Gasteiger partial charge is 0.317 e. The number of rotatable bonds is 8. The minimum atomic E-state index is -0.862. The number of carboxylic acid groups (broad SMARTS) is 1.